The number of hydrogen-bond acceptors (Lipinski definition) is 8. The number of H-pyrrole nitrogens is 1. The molecule has 5 rings (SSSR count). The molecule has 0 atom stereocenters. The van der Waals surface area contributed by atoms with Gasteiger partial charge in [0.25, 0.3) is 0 Å². The highest BCUT2D eigenvalue weighted by molar-refractivity contribution is 7.71. The quantitative estimate of drug-likeness (QED) is 0.460. The number of aromatic amines is 1. The lowest BCUT2D eigenvalue weighted by Gasteiger charge is -2.35. The predicted octanol–water partition coefficient (Wildman–Crippen LogP) is 2.08. The average Bonchev–Trinajstić information content (AvgIpc) is 3.53. The first-order valence-corrected chi connectivity index (χ1v) is 11.2. The van der Waals surface area contributed by atoms with E-state index in [9.17, 15) is 4.79 Å². The second kappa shape index (κ2) is 8.19. The molecule has 5 heterocycles. The van der Waals surface area contributed by atoms with Crippen LogP contribution in [0.15, 0.2) is 30.0 Å². The minimum Gasteiger partial charge on any atom is -0.352 e. The zero-order valence-corrected chi connectivity index (χ0v) is 18.6. The van der Waals surface area contributed by atoms with Gasteiger partial charge in [0.05, 0.1) is 16.5 Å². The second-order valence-corrected chi connectivity index (χ2v) is 8.64. The molecular weight excluding hydrogens is 434 g/mol. The molecule has 160 valence electrons. The van der Waals surface area contributed by atoms with Crippen molar-refractivity contribution in [3.05, 3.63) is 34.8 Å². The molecule has 12 heteroatoms. The van der Waals surface area contributed by atoms with Crippen LogP contribution < -0.4 is 4.90 Å². The number of aromatic nitrogens is 7. The van der Waals surface area contributed by atoms with E-state index in [4.69, 9.17) is 12.2 Å². The number of anilines is 1. The number of hydrogen-bond donors (Lipinski definition) is 1. The van der Waals surface area contributed by atoms with E-state index in [2.05, 4.69) is 30.2 Å². The molecular formula is C19H21N9OS2. The zero-order chi connectivity index (χ0) is 21.4. The van der Waals surface area contributed by atoms with Gasteiger partial charge in [-0.25, -0.2) is 9.97 Å². The third-order valence-corrected chi connectivity index (χ3v) is 6.67. The van der Waals surface area contributed by atoms with Crippen molar-refractivity contribution in [2.24, 2.45) is 7.05 Å². The molecule has 10 nitrogen and oxygen atoms in total. The Labute approximate surface area is 187 Å². The van der Waals surface area contributed by atoms with Gasteiger partial charge in [0.2, 0.25) is 5.91 Å². The van der Waals surface area contributed by atoms with Gasteiger partial charge < -0.3 is 9.80 Å². The average molecular weight is 456 g/mol. The Bertz CT molecular complexity index is 1270. The Morgan fingerprint density at radius 3 is 2.87 bits per heavy atom. The first kappa shape index (κ1) is 19.8. The van der Waals surface area contributed by atoms with Crippen molar-refractivity contribution in [1.82, 2.24) is 39.4 Å². The fourth-order valence-corrected chi connectivity index (χ4v) is 4.80. The standard InChI is InChI=1S/C19H21N9OS2/c1-25-16-13(11-22-25)17(21-12-20-16)27-8-6-26(7-9-27)15(29)4-5-28-18(23-24-19(28)30)14-3-2-10-31-14/h2-3,10-12H,4-9H2,1H3,(H,24,30). The molecule has 31 heavy (non-hydrogen) atoms. The molecule has 1 fully saturated rings. The van der Waals surface area contributed by atoms with Gasteiger partial charge in [0.15, 0.2) is 16.2 Å². The number of fused-ring (bicyclic) bond motifs is 1. The highest BCUT2D eigenvalue weighted by atomic mass is 32.1. The number of nitrogens with zero attached hydrogens (tertiary/aromatic N) is 8. The Balaban J connectivity index is 1.22. The summed E-state index contributed by atoms with van der Waals surface area (Å²) in [5.74, 6) is 1.77. The van der Waals surface area contributed by atoms with Gasteiger partial charge in [-0.2, -0.15) is 10.2 Å². The summed E-state index contributed by atoms with van der Waals surface area (Å²) < 4.78 is 4.17. The molecule has 0 aliphatic carbocycles. The maximum atomic E-state index is 12.9. The fraction of sp³-hybridized carbons (Fsp3) is 0.368. The molecule has 1 aliphatic rings. The number of rotatable bonds is 5. The van der Waals surface area contributed by atoms with Crippen LogP contribution in [0.5, 0.6) is 0 Å². The van der Waals surface area contributed by atoms with Crippen molar-refractivity contribution in [1.29, 1.82) is 0 Å². The number of piperazine rings is 1. The molecule has 4 aromatic rings. The molecule has 0 aromatic carbocycles. The fourth-order valence-electron chi connectivity index (χ4n) is 3.85. The first-order chi connectivity index (χ1) is 15.1. The number of carbonyl (C=O) groups is 1. The highest BCUT2D eigenvalue weighted by Crippen LogP contribution is 2.24. The van der Waals surface area contributed by atoms with E-state index in [1.165, 1.54) is 0 Å². The summed E-state index contributed by atoms with van der Waals surface area (Å²) in [7, 11) is 1.87. The van der Waals surface area contributed by atoms with E-state index < -0.39 is 0 Å². The van der Waals surface area contributed by atoms with E-state index in [0.29, 0.717) is 30.8 Å². The van der Waals surface area contributed by atoms with Crippen molar-refractivity contribution in [3.63, 3.8) is 0 Å². The van der Waals surface area contributed by atoms with Crippen LogP contribution in [0.4, 0.5) is 5.82 Å². The number of carbonyl (C=O) groups excluding carboxylic acids is 1. The molecule has 1 amide bonds. The van der Waals surface area contributed by atoms with Gasteiger partial charge in [-0.05, 0) is 23.7 Å². The van der Waals surface area contributed by atoms with E-state index in [0.717, 1.165) is 40.6 Å². The summed E-state index contributed by atoms with van der Waals surface area (Å²) in [5.41, 5.74) is 0.807. The molecule has 1 aliphatic heterocycles. The second-order valence-electron chi connectivity index (χ2n) is 7.30. The summed E-state index contributed by atoms with van der Waals surface area (Å²) in [6.45, 7) is 3.25. The van der Waals surface area contributed by atoms with Crippen LogP contribution in [0.1, 0.15) is 6.42 Å². The minimum atomic E-state index is 0.120. The van der Waals surface area contributed by atoms with E-state index in [1.54, 1.807) is 28.5 Å². The van der Waals surface area contributed by atoms with Crippen LogP contribution >= 0.6 is 23.6 Å². The Morgan fingerprint density at radius 1 is 1.26 bits per heavy atom. The number of aryl methyl sites for hydroxylation is 1. The third-order valence-electron chi connectivity index (χ3n) is 5.49. The Hall–Kier alpha value is -3.12. The van der Waals surface area contributed by atoms with Crippen LogP contribution in [0.3, 0.4) is 0 Å². The van der Waals surface area contributed by atoms with Gasteiger partial charge in [-0.1, -0.05) is 6.07 Å². The Kier molecular flexibility index (Phi) is 5.24. The van der Waals surface area contributed by atoms with Crippen LogP contribution in [-0.4, -0.2) is 71.5 Å². The van der Waals surface area contributed by atoms with E-state index in [-0.39, 0.29) is 5.91 Å². The maximum absolute atomic E-state index is 12.9. The van der Waals surface area contributed by atoms with Crippen molar-refractivity contribution in [3.8, 4) is 10.7 Å². The van der Waals surface area contributed by atoms with Crippen LogP contribution in [0, 0.1) is 4.77 Å². The molecule has 4 aromatic heterocycles. The highest BCUT2D eigenvalue weighted by Gasteiger charge is 2.24. The molecule has 1 saturated heterocycles. The molecule has 0 radical (unpaired) electrons. The lowest BCUT2D eigenvalue weighted by Crippen LogP contribution is -2.49. The summed E-state index contributed by atoms with van der Waals surface area (Å²) >= 11 is 6.96. The van der Waals surface area contributed by atoms with Crippen LogP contribution in [0.25, 0.3) is 21.7 Å². The van der Waals surface area contributed by atoms with Gasteiger partial charge in [0, 0.05) is 46.2 Å². The first-order valence-electron chi connectivity index (χ1n) is 9.96. The van der Waals surface area contributed by atoms with Crippen LogP contribution in [0.2, 0.25) is 0 Å². The Morgan fingerprint density at radius 2 is 2.10 bits per heavy atom. The smallest absolute Gasteiger partial charge is 0.224 e. The summed E-state index contributed by atoms with van der Waals surface area (Å²) in [5, 5.41) is 14.4. The summed E-state index contributed by atoms with van der Waals surface area (Å²) in [6, 6.07) is 3.98. The van der Waals surface area contributed by atoms with Crippen molar-refractivity contribution < 1.29 is 4.79 Å². The number of amides is 1. The predicted molar refractivity (Wildman–Crippen MR) is 120 cm³/mol. The van der Waals surface area contributed by atoms with E-state index >= 15 is 0 Å². The maximum Gasteiger partial charge on any atom is 0.224 e. The lowest BCUT2D eigenvalue weighted by atomic mass is 10.2. The van der Waals surface area contributed by atoms with Gasteiger partial charge >= 0.3 is 0 Å². The normalized spacial score (nSPS) is 14.5. The monoisotopic (exact) mass is 455 g/mol. The van der Waals surface area contributed by atoms with Gasteiger partial charge in [-0.15, -0.1) is 11.3 Å². The van der Waals surface area contributed by atoms with Gasteiger partial charge in [0.1, 0.15) is 12.1 Å². The largest absolute Gasteiger partial charge is 0.352 e. The molecule has 1 N–H and O–H groups in total. The number of thiophene rings is 1. The lowest BCUT2D eigenvalue weighted by molar-refractivity contribution is -0.131. The van der Waals surface area contributed by atoms with E-state index in [1.807, 2.05) is 34.0 Å². The molecule has 0 unspecified atom stereocenters. The minimum absolute atomic E-state index is 0.120. The summed E-state index contributed by atoms with van der Waals surface area (Å²) in [6.07, 6.45) is 3.74. The topological polar surface area (TPSA) is 101 Å². The third kappa shape index (κ3) is 3.72. The zero-order valence-electron chi connectivity index (χ0n) is 16.9. The summed E-state index contributed by atoms with van der Waals surface area (Å²) in [4.78, 5) is 26.7. The van der Waals surface area contributed by atoms with Crippen molar-refractivity contribution in [2.45, 2.75) is 13.0 Å². The SMILES string of the molecule is Cn1ncc2c(N3CCN(C(=O)CCn4c(-c5cccs5)n[nH]c4=S)CC3)ncnc21. The van der Waals surface area contributed by atoms with Crippen molar-refractivity contribution >= 4 is 46.3 Å². The van der Waals surface area contributed by atoms with Crippen molar-refractivity contribution in [2.75, 3.05) is 31.1 Å². The number of nitrogens with one attached hydrogen (secondary N) is 1. The van der Waals surface area contributed by atoms with Crippen LogP contribution in [-0.2, 0) is 18.4 Å². The molecule has 0 bridgehead atoms. The molecule has 0 saturated carbocycles. The molecule has 0 spiro atoms. The van der Waals surface area contributed by atoms with Gasteiger partial charge in [-0.3, -0.25) is 19.1 Å².